The highest BCUT2D eigenvalue weighted by Gasteiger charge is 2.53. The molecule has 0 unspecified atom stereocenters. The van der Waals surface area contributed by atoms with E-state index in [1.165, 1.54) is 17.6 Å². The normalized spacial score (nSPS) is 24.3. The second kappa shape index (κ2) is 7.99. The number of hydrogen-bond donors (Lipinski definition) is 0. The number of methoxy groups -OCH3 is 1. The van der Waals surface area contributed by atoms with Gasteiger partial charge in [-0.2, -0.15) is 0 Å². The number of carbonyl (C=O) groups is 2. The van der Waals surface area contributed by atoms with E-state index in [1.807, 2.05) is 32.9 Å². The Bertz CT molecular complexity index is 826. The largest absolute Gasteiger partial charge is 0.467 e. The Morgan fingerprint density at radius 3 is 2.62 bits per heavy atom. The first kappa shape index (κ1) is 22.2. The van der Waals surface area contributed by atoms with Gasteiger partial charge in [-0.1, -0.05) is 11.6 Å². The highest BCUT2D eigenvalue weighted by atomic mass is 79.9. The van der Waals surface area contributed by atoms with E-state index in [4.69, 9.17) is 21.1 Å². The Hall–Kier alpha value is -1.47. The molecular formula is C21H28BrClN2O4. The number of amides is 1. The third kappa shape index (κ3) is 4.36. The average molecular weight is 488 g/mol. The highest BCUT2D eigenvalue weighted by Crippen LogP contribution is 2.42. The van der Waals surface area contributed by atoms with Gasteiger partial charge in [-0.25, -0.2) is 9.59 Å². The van der Waals surface area contributed by atoms with Gasteiger partial charge in [-0.05, 0) is 74.2 Å². The van der Waals surface area contributed by atoms with Crippen LogP contribution in [-0.4, -0.2) is 54.3 Å². The van der Waals surface area contributed by atoms with Crippen LogP contribution < -0.4 is 4.90 Å². The van der Waals surface area contributed by atoms with Crippen molar-refractivity contribution in [2.45, 2.75) is 64.1 Å². The summed E-state index contributed by atoms with van der Waals surface area (Å²) in [5.74, 6) is -0.432. The number of hydrogen-bond acceptors (Lipinski definition) is 5. The Kier molecular flexibility index (Phi) is 6.12. The van der Waals surface area contributed by atoms with E-state index in [1.54, 1.807) is 6.92 Å². The van der Waals surface area contributed by atoms with E-state index in [2.05, 4.69) is 20.8 Å². The van der Waals surface area contributed by atoms with Crippen molar-refractivity contribution >= 4 is 45.3 Å². The van der Waals surface area contributed by atoms with Crippen molar-refractivity contribution in [1.29, 1.82) is 0 Å². The van der Waals surface area contributed by atoms with Crippen LogP contribution in [0.2, 0.25) is 5.02 Å². The third-order valence-electron chi connectivity index (χ3n) is 5.54. The second-order valence-corrected chi connectivity index (χ2v) is 10.2. The number of benzene rings is 1. The molecule has 0 radical (unpaired) electrons. The number of esters is 1. The molecule has 1 amide bonds. The molecule has 0 bridgehead atoms. The number of anilines is 1. The maximum Gasteiger partial charge on any atom is 0.411 e. The summed E-state index contributed by atoms with van der Waals surface area (Å²) in [6.07, 6.45) is 1.90. The molecular weight excluding hydrogens is 460 g/mol. The fourth-order valence-corrected chi connectivity index (χ4v) is 5.41. The summed E-state index contributed by atoms with van der Waals surface area (Å²) in [4.78, 5) is 29.4. The molecule has 0 saturated carbocycles. The first-order valence-electron chi connectivity index (χ1n) is 9.80. The molecule has 8 heteroatoms. The van der Waals surface area contributed by atoms with E-state index >= 15 is 0 Å². The summed E-state index contributed by atoms with van der Waals surface area (Å²) in [5, 5.41) is 0.693. The first-order chi connectivity index (χ1) is 13.5. The number of halogens is 2. The number of fused-ring (bicyclic) bond motifs is 1. The quantitative estimate of drug-likeness (QED) is 0.561. The van der Waals surface area contributed by atoms with Gasteiger partial charge in [0.05, 0.1) is 12.8 Å². The summed E-state index contributed by atoms with van der Waals surface area (Å²) < 4.78 is 11.6. The van der Waals surface area contributed by atoms with Crippen molar-refractivity contribution in [3.63, 3.8) is 0 Å². The van der Waals surface area contributed by atoms with Crippen molar-refractivity contribution in [2.24, 2.45) is 0 Å². The van der Waals surface area contributed by atoms with E-state index in [0.717, 1.165) is 29.5 Å². The number of likely N-dealkylation sites (tertiary alicyclic amines) is 1. The van der Waals surface area contributed by atoms with Crippen LogP contribution in [0.5, 0.6) is 0 Å². The molecule has 1 aromatic rings. The van der Waals surface area contributed by atoms with E-state index < -0.39 is 23.2 Å². The molecule has 1 aromatic carbocycles. The lowest BCUT2D eigenvalue weighted by Gasteiger charge is -2.37. The second-order valence-electron chi connectivity index (χ2n) is 8.91. The van der Waals surface area contributed by atoms with Crippen molar-refractivity contribution < 1.29 is 19.1 Å². The Labute approximate surface area is 185 Å². The fraction of sp³-hybridized carbons (Fsp3) is 0.619. The summed E-state index contributed by atoms with van der Waals surface area (Å²) in [6.45, 7) is 8.43. The number of ether oxygens (including phenoxy) is 2. The van der Waals surface area contributed by atoms with Gasteiger partial charge in [0.1, 0.15) is 11.1 Å². The molecule has 2 aliphatic rings. The number of aryl methyl sites for hydroxylation is 1. The number of carbonyl (C=O) groups excluding carboxylic acids is 2. The maximum absolute atomic E-state index is 12.9. The predicted octanol–water partition coefficient (Wildman–Crippen LogP) is 4.80. The van der Waals surface area contributed by atoms with Crippen molar-refractivity contribution in [3.05, 3.63) is 27.2 Å². The van der Waals surface area contributed by atoms with Gasteiger partial charge in [0.25, 0.3) is 0 Å². The molecule has 2 aliphatic heterocycles. The molecule has 0 aliphatic carbocycles. The zero-order chi connectivity index (χ0) is 21.6. The molecule has 2 atom stereocenters. The first-order valence-corrected chi connectivity index (χ1v) is 11.0. The minimum absolute atomic E-state index is 0.0388. The SMILES string of the molecule is COC(=O)[C@@]1(C)C[C@H](N2CCCc3cc(Cl)cc(Br)c32)CN1C(=O)OC(C)(C)C. The lowest BCUT2D eigenvalue weighted by molar-refractivity contribution is -0.152. The lowest BCUT2D eigenvalue weighted by atomic mass is 9.94. The molecule has 0 spiro atoms. The molecule has 3 rings (SSSR count). The summed E-state index contributed by atoms with van der Waals surface area (Å²) in [5.41, 5.74) is 0.525. The molecule has 160 valence electrons. The Balaban J connectivity index is 1.95. The Morgan fingerprint density at radius 2 is 2.00 bits per heavy atom. The Morgan fingerprint density at radius 1 is 1.31 bits per heavy atom. The average Bonchev–Trinajstić information content (AvgIpc) is 2.97. The number of rotatable bonds is 2. The fourth-order valence-electron chi connectivity index (χ4n) is 4.31. The van der Waals surface area contributed by atoms with Crippen LogP contribution in [-0.2, 0) is 20.7 Å². The molecule has 29 heavy (non-hydrogen) atoms. The number of nitrogens with zero attached hydrogens (tertiary/aromatic N) is 2. The van der Waals surface area contributed by atoms with Crippen LogP contribution in [0.4, 0.5) is 10.5 Å². The van der Waals surface area contributed by atoms with Gasteiger partial charge in [0.2, 0.25) is 0 Å². The minimum atomic E-state index is -1.09. The molecule has 6 nitrogen and oxygen atoms in total. The minimum Gasteiger partial charge on any atom is -0.467 e. The molecule has 1 saturated heterocycles. The van der Waals surface area contributed by atoms with Crippen molar-refractivity contribution in [3.8, 4) is 0 Å². The van der Waals surface area contributed by atoms with Gasteiger partial charge in [0, 0.05) is 35.0 Å². The zero-order valence-electron chi connectivity index (χ0n) is 17.6. The molecule has 0 aromatic heterocycles. The van der Waals surface area contributed by atoms with Crippen LogP contribution in [0.1, 0.15) is 46.1 Å². The van der Waals surface area contributed by atoms with Crippen molar-refractivity contribution in [2.75, 3.05) is 25.1 Å². The monoisotopic (exact) mass is 486 g/mol. The van der Waals surface area contributed by atoms with Gasteiger partial charge in [0.15, 0.2) is 0 Å². The summed E-state index contributed by atoms with van der Waals surface area (Å²) in [7, 11) is 1.35. The molecule has 2 heterocycles. The van der Waals surface area contributed by atoms with Crippen LogP contribution in [0.15, 0.2) is 16.6 Å². The standard InChI is InChI=1S/C21H28BrClN2O4/c1-20(2,3)29-19(27)25-12-15(11-21(25,4)18(26)28-5)24-8-6-7-13-9-14(23)10-16(22)17(13)24/h9-10,15H,6-8,11-12H2,1-5H3/t15-,21+/m0/s1. The van der Waals surface area contributed by atoms with Gasteiger partial charge >= 0.3 is 12.1 Å². The molecule has 0 N–H and O–H groups in total. The summed E-state index contributed by atoms with van der Waals surface area (Å²) >= 11 is 9.89. The smallest absolute Gasteiger partial charge is 0.411 e. The third-order valence-corrected chi connectivity index (χ3v) is 6.36. The summed E-state index contributed by atoms with van der Waals surface area (Å²) in [6, 6.07) is 3.84. The van der Waals surface area contributed by atoms with E-state index in [9.17, 15) is 9.59 Å². The van der Waals surface area contributed by atoms with Crippen LogP contribution in [0.3, 0.4) is 0 Å². The maximum atomic E-state index is 12.9. The van der Waals surface area contributed by atoms with E-state index in [0.29, 0.717) is 18.0 Å². The van der Waals surface area contributed by atoms with Crippen LogP contribution in [0, 0.1) is 0 Å². The van der Waals surface area contributed by atoms with Crippen LogP contribution in [0.25, 0.3) is 0 Å². The topological polar surface area (TPSA) is 59.1 Å². The highest BCUT2D eigenvalue weighted by molar-refractivity contribution is 9.10. The van der Waals surface area contributed by atoms with Crippen LogP contribution >= 0.6 is 27.5 Å². The van der Waals surface area contributed by atoms with Gasteiger partial charge < -0.3 is 14.4 Å². The van der Waals surface area contributed by atoms with Crippen molar-refractivity contribution in [1.82, 2.24) is 4.90 Å². The lowest BCUT2D eigenvalue weighted by Crippen LogP contribution is -2.52. The molecule has 1 fully saturated rings. The van der Waals surface area contributed by atoms with Gasteiger partial charge in [-0.15, -0.1) is 0 Å². The van der Waals surface area contributed by atoms with Gasteiger partial charge in [-0.3, -0.25) is 4.90 Å². The predicted molar refractivity (Wildman–Crippen MR) is 117 cm³/mol. The van der Waals surface area contributed by atoms with E-state index in [-0.39, 0.29) is 6.04 Å². The zero-order valence-corrected chi connectivity index (χ0v) is 19.9.